The standard InChI is InChI=1S/C15H23FN4/c1-2-20(14-11-7-6-10-13(14)16)15(19-17)18-12-8-4-3-5-9-12/h6-7,10-12H,2-5,8-9,17H2,1H3,(H,18,19). The first-order valence-electron chi connectivity index (χ1n) is 7.32. The lowest BCUT2D eigenvalue weighted by Gasteiger charge is -2.27. The van der Waals surface area contributed by atoms with Crippen LogP contribution in [0.1, 0.15) is 39.0 Å². The van der Waals surface area contributed by atoms with E-state index in [2.05, 4.69) is 10.4 Å². The quantitative estimate of drug-likeness (QED) is 0.387. The molecule has 110 valence electrons. The number of rotatable bonds is 3. The van der Waals surface area contributed by atoms with Gasteiger partial charge in [-0.05, 0) is 31.9 Å². The van der Waals surface area contributed by atoms with Crippen molar-refractivity contribution in [1.29, 1.82) is 0 Å². The highest BCUT2D eigenvalue weighted by molar-refractivity contribution is 5.95. The van der Waals surface area contributed by atoms with Gasteiger partial charge >= 0.3 is 0 Å². The highest BCUT2D eigenvalue weighted by Gasteiger charge is 2.18. The summed E-state index contributed by atoms with van der Waals surface area (Å²) in [5.41, 5.74) is 3.14. The Morgan fingerprint density at radius 1 is 1.35 bits per heavy atom. The Morgan fingerprint density at radius 3 is 2.65 bits per heavy atom. The number of hydrazine groups is 1. The number of aliphatic imine (C=N–C) groups is 1. The summed E-state index contributed by atoms with van der Waals surface area (Å²) >= 11 is 0. The van der Waals surface area contributed by atoms with Crippen molar-refractivity contribution in [3.05, 3.63) is 30.1 Å². The summed E-state index contributed by atoms with van der Waals surface area (Å²) in [4.78, 5) is 6.46. The number of anilines is 1. The molecule has 1 aromatic rings. The van der Waals surface area contributed by atoms with Gasteiger partial charge in [-0.25, -0.2) is 15.2 Å². The molecule has 1 aliphatic carbocycles. The van der Waals surface area contributed by atoms with Crippen molar-refractivity contribution in [2.45, 2.75) is 45.1 Å². The number of para-hydroxylation sites is 1. The molecular formula is C15H23FN4. The largest absolute Gasteiger partial charge is 0.309 e. The van der Waals surface area contributed by atoms with Crippen molar-refractivity contribution in [1.82, 2.24) is 5.43 Å². The van der Waals surface area contributed by atoms with Crippen LogP contribution in [0.5, 0.6) is 0 Å². The fraction of sp³-hybridized carbons (Fsp3) is 0.533. The predicted molar refractivity (Wildman–Crippen MR) is 81.1 cm³/mol. The van der Waals surface area contributed by atoms with E-state index in [4.69, 9.17) is 5.84 Å². The Kier molecular flexibility index (Phi) is 5.35. The third-order valence-corrected chi connectivity index (χ3v) is 3.72. The number of hydrogen-bond acceptors (Lipinski definition) is 2. The van der Waals surface area contributed by atoms with Gasteiger partial charge in [-0.15, -0.1) is 0 Å². The Balaban J connectivity index is 2.23. The van der Waals surface area contributed by atoms with Crippen LogP contribution in [0.2, 0.25) is 0 Å². The van der Waals surface area contributed by atoms with Crippen molar-refractivity contribution >= 4 is 11.6 Å². The van der Waals surface area contributed by atoms with Gasteiger partial charge in [-0.1, -0.05) is 31.4 Å². The minimum Gasteiger partial charge on any atom is -0.309 e. The zero-order valence-electron chi connectivity index (χ0n) is 12.0. The average Bonchev–Trinajstić information content (AvgIpc) is 2.49. The fourth-order valence-corrected chi connectivity index (χ4v) is 2.67. The first-order chi connectivity index (χ1) is 9.76. The number of nitrogens with two attached hydrogens (primary N) is 1. The fourth-order valence-electron chi connectivity index (χ4n) is 2.67. The summed E-state index contributed by atoms with van der Waals surface area (Å²) in [7, 11) is 0. The second-order valence-electron chi connectivity index (χ2n) is 5.08. The molecule has 0 atom stereocenters. The molecule has 3 N–H and O–H groups in total. The van der Waals surface area contributed by atoms with Crippen LogP contribution < -0.4 is 16.2 Å². The minimum atomic E-state index is -0.263. The van der Waals surface area contributed by atoms with Gasteiger partial charge in [0, 0.05) is 6.54 Å². The Morgan fingerprint density at radius 2 is 2.05 bits per heavy atom. The van der Waals surface area contributed by atoms with Crippen molar-refractivity contribution < 1.29 is 4.39 Å². The number of hydrogen-bond donors (Lipinski definition) is 2. The first kappa shape index (κ1) is 14.8. The summed E-state index contributed by atoms with van der Waals surface area (Å²) < 4.78 is 13.9. The molecule has 1 aromatic carbocycles. The van der Waals surface area contributed by atoms with Crippen molar-refractivity contribution in [3.63, 3.8) is 0 Å². The van der Waals surface area contributed by atoms with Crippen LogP contribution in [0.3, 0.4) is 0 Å². The van der Waals surface area contributed by atoms with E-state index in [9.17, 15) is 4.39 Å². The molecule has 2 rings (SSSR count). The van der Waals surface area contributed by atoms with Crippen molar-refractivity contribution in [3.8, 4) is 0 Å². The third-order valence-electron chi connectivity index (χ3n) is 3.72. The van der Waals surface area contributed by atoms with E-state index in [1.807, 2.05) is 13.0 Å². The zero-order chi connectivity index (χ0) is 14.4. The molecule has 0 amide bonds. The first-order valence-corrected chi connectivity index (χ1v) is 7.32. The molecule has 0 aromatic heterocycles. The number of nitrogens with zero attached hydrogens (tertiary/aromatic N) is 2. The number of nitrogens with one attached hydrogen (secondary N) is 1. The van der Waals surface area contributed by atoms with E-state index >= 15 is 0 Å². The van der Waals surface area contributed by atoms with Gasteiger partial charge in [-0.3, -0.25) is 5.43 Å². The van der Waals surface area contributed by atoms with Crippen molar-refractivity contribution in [2.75, 3.05) is 11.4 Å². The second kappa shape index (κ2) is 7.24. The Labute approximate surface area is 119 Å². The van der Waals surface area contributed by atoms with Crippen LogP contribution in [0.15, 0.2) is 29.3 Å². The lowest BCUT2D eigenvalue weighted by molar-refractivity contribution is 0.441. The molecule has 0 aliphatic heterocycles. The van der Waals surface area contributed by atoms with Gasteiger partial charge in [0.1, 0.15) is 5.82 Å². The van der Waals surface area contributed by atoms with E-state index in [-0.39, 0.29) is 11.9 Å². The maximum Gasteiger partial charge on any atom is 0.213 e. The van der Waals surface area contributed by atoms with Crippen LogP contribution in [-0.4, -0.2) is 18.5 Å². The summed E-state index contributed by atoms with van der Waals surface area (Å²) in [6.45, 7) is 2.57. The summed E-state index contributed by atoms with van der Waals surface area (Å²) in [6, 6.07) is 6.98. The normalized spacial score (nSPS) is 17.1. The van der Waals surface area contributed by atoms with Gasteiger partial charge < -0.3 is 4.90 Å². The Hall–Kier alpha value is -1.62. The highest BCUT2D eigenvalue weighted by atomic mass is 19.1. The number of guanidine groups is 1. The second-order valence-corrected chi connectivity index (χ2v) is 5.08. The van der Waals surface area contributed by atoms with Crippen LogP contribution in [-0.2, 0) is 0 Å². The third kappa shape index (κ3) is 3.48. The zero-order valence-corrected chi connectivity index (χ0v) is 12.0. The van der Waals surface area contributed by atoms with E-state index in [1.165, 1.54) is 25.3 Å². The Bertz CT molecular complexity index is 455. The van der Waals surface area contributed by atoms with Crippen molar-refractivity contribution in [2.24, 2.45) is 10.8 Å². The monoisotopic (exact) mass is 278 g/mol. The molecule has 0 unspecified atom stereocenters. The molecule has 1 aliphatic rings. The molecule has 0 bridgehead atoms. The van der Waals surface area contributed by atoms with Crippen LogP contribution in [0, 0.1) is 5.82 Å². The highest BCUT2D eigenvalue weighted by Crippen LogP contribution is 2.22. The lowest BCUT2D eigenvalue weighted by Crippen LogP contribution is -2.46. The lowest BCUT2D eigenvalue weighted by atomic mass is 9.96. The molecule has 0 saturated heterocycles. The SMILES string of the molecule is CCN(C(=NC1CCCCC1)NN)c1ccccc1F. The molecule has 0 heterocycles. The summed E-state index contributed by atoms with van der Waals surface area (Å²) in [5.74, 6) is 5.89. The molecule has 20 heavy (non-hydrogen) atoms. The van der Waals surface area contributed by atoms with Gasteiger partial charge in [0.2, 0.25) is 5.96 Å². The maximum absolute atomic E-state index is 13.9. The van der Waals surface area contributed by atoms with Gasteiger partial charge in [0.25, 0.3) is 0 Å². The van der Waals surface area contributed by atoms with E-state index < -0.39 is 0 Å². The van der Waals surface area contributed by atoms with Gasteiger partial charge in [-0.2, -0.15) is 0 Å². The summed E-state index contributed by atoms with van der Waals surface area (Å²) in [5, 5.41) is 0. The molecule has 5 heteroatoms. The molecule has 1 saturated carbocycles. The smallest absolute Gasteiger partial charge is 0.213 e. The molecule has 0 radical (unpaired) electrons. The van der Waals surface area contributed by atoms with E-state index in [1.54, 1.807) is 17.0 Å². The van der Waals surface area contributed by atoms with E-state index in [0.717, 1.165) is 12.8 Å². The molecular weight excluding hydrogens is 255 g/mol. The minimum absolute atomic E-state index is 0.263. The van der Waals surface area contributed by atoms with Crippen LogP contribution >= 0.6 is 0 Å². The van der Waals surface area contributed by atoms with E-state index in [0.29, 0.717) is 18.2 Å². The van der Waals surface area contributed by atoms with Gasteiger partial charge in [0.05, 0.1) is 11.7 Å². The molecule has 0 spiro atoms. The molecule has 4 nitrogen and oxygen atoms in total. The topological polar surface area (TPSA) is 53.6 Å². The number of benzene rings is 1. The maximum atomic E-state index is 13.9. The molecule has 1 fully saturated rings. The van der Waals surface area contributed by atoms with Gasteiger partial charge in [0.15, 0.2) is 0 Å². The summed E-state index contributed by atoms with van der Waals surface area (Å²) in [6.07, 6.45) is 5.86. The average molecular weight is 278 g/mol. The van der Waals surface area contributed by atoms with Crippen LogP contribution in [0.4, 0.5) is 10.1 Å². The predicted octanol–water partition coefficient (Wildman–Crippen LogP) is 2.80. The van der Waals surface area contributed by atoms with Crippen LogP contribution in [0.25, 0.3) is 0 Å². The number of halogens is 1.